The SMILES string of the molecule is CCc1cc2c(N3CCN(C=CC(=O)c4cccs4)CC3)ncnc2s1. The molecule has 26 heavy (non-hydrogen) atoms. The van der Waals surface area contributed by atoms with Crippen LogP contribution in [0.25, 0.3) is 10.2 Å². The number of rotatable bonds is 5. The van der Waals surface area contributed by atoms with E-state index in [2.05, 4.69) is 32.8 Å². The minimum atomic E-state index is 0.0744. The third-order valence-corrected chi connectivity index (χ3v) is 6.59. The summed E-state index contributed by atoms with van der Waals surface area (Å²) in [7, 11) is 0. The molecule has 0 N–H and O–H groups in total. The molecule has 0 radical (unpaired) electrons. The lowest BCUT2D eigenvalue weighted by atomic mass is 10.2. The topological polar surface area (TPSA) is 49.3 Å². The van der Waals surface area contributed by atoms with Crippen LogP contribution >= 0.6 is 22.7 Å². The smallest absolute Gasteiger partial charge is 0.197 e. The highest BCUT2D eigenvalue weighted by molar-refractivity contribution is 7.18. The minimum Gasteiger partial charge on any atom is -0.374 e. The van der Waals surface area contributed by atoms with Gasteiger partial charge in [-0.25, -0.2) is 9.97 Å². The van der Waals surface area contributed by atoms with Gasteiger partial charge in [0.1, 0.15) is 17.0 Å². The van der Waals surface area contributed by atoms with Crippen LogP contribution in [0.5, 0.6) is 0 Å². The number of carbonyl (C=O) groups is 1. The molecule has 0 amide bonds. The van der Waals surface area contributed by atoms with Gasteiger partial charge in [0.25, 0.3) is 0 Å². The average Bonchev–Trinajstić information content (AvgIpc) is 3.35. The second-order valence-corrected chi connectivity index (χ2v) is 8.23. The Balaban J connectivity index is 1.42. The standard InChI is InChI=1S/C19H20N4OS2/c1-2-14-12-15-18(20-13-21-19(15)26-14)23-9-7-22(8-10-23)6-5-16(24)17-4-3-11-25-17/h3-6,11-13H,2,7-10H2,1H3. The molecule has 0 bridgehead atoms. The number of thiophene rings is 2. The summed E-state index contributed by atoms with van der Waals surface area (Å²) in [5, 5.41) is 3.09. The molecule has 4 heterocycles. The van der Waals surface area contributed by atoms with Crippen molar-refractivity contribution < 1.29 is 4.79 Å². The fourth-order valence-corrected chi connectivity index (χ4v) is 4.65. The summed E-state index contributed by atoms with van der Waals surface area (Å²) in [6.45, 7) is 5.71. The molecule has 0 unspecified atom stereocenters. The number of fused-ring (bicyclic) bond motifs is 1. The second kappa shape index (κ2) is 7.55. The molecule has 1 fully saturated rings. The summed E-state index contributed by atoms with van der Waals surface area (Å²) >= 11 is 3.23. The highest BCUT2D eigenvalue weighted by Gasteiger charge is 2.19. The zero-order valence-corrected chi connectivity index (χ0v) is 16.2. The lowest BCUT2D eigenvalue weighted by Crippen LogP contribution is -2.44. The molecule has 4 rings (SSSR count). The predicted molar refractivity (Wildman–Crippen MR) is 108 cm³/mol. The fourth-order valence-electron chi connectivity index (χ4n) is 3.08. The number of ketones is 1. The Hall–Kier alpha value is -2.25. The van der Waals surface area contributed by atoms with Gasteiger partial charge in [0.05, 0.1) is 10.3 Å². The molecule has 134 valence electrons. The first-order valence-corrected chi connectivity index (χ1v) is 10.4. The maximum Gasteiger partial charge on any atom is 0.197 e. The van der Waals surface area contributed by atoms with E-state index in [-0.39, 0.29) is 5.78 Å². The number of aryl methyl sites for hydroxylation is 1. The number of hydrogen-bond donors (Lipinski definition) is 0. The molecule has 7 heteroatoms. The monoisotopic (exact) mass is 384 g/mol. The second-order valence-electron chi connectivity index (χ2n) is 6.16. The first kappa shape index (κ1) is 17.2. The lowest BCUT2D eigenvalue weighted by Gasteiger charge is -2.34. The molecule has 0 atom stereocenters. The van der Waals surface area contributed by atoms with Gasteiger partial charge in [-0.15, -0.1) is 22.7 Å². The van der Waals surface area contributed by atoms with E-state index in [1.807, 2.05) is 23.7 Å². The van der Waals surface area contributed by atoms with Gasteiger partial charge in [-0.1, -0.05) is 13.0 Å². The van der Waals surface area contributed by atoms with Gasteiger partial charge in [-0.3, -0.25) is 4.79 Å². The fraction of sp³-hybridized carbons (Fsp3) is 0.316. The molecule has 3 aromatic rings. The summed E-state index contributed by atoms with van der Waals surface area (Å²) < 4.78 is 0. The summed E-state index contributed by atoms with van der Waals surface area (Å²) in [6.07, 6.45) is 6.29. The summed E-state index contributed by atoms with van der Waals surface area (Å²) in [4.78, 5) is 28.8. The molecule has 0 aromatic carbocycles. The van der Waals surface area contributed by atoms with Crippen LogP contribution in [0.2, 0.25) is 0 Å². The van der Waals surface area contributed by atoms with Gasteiger partial charge < -0.3 is 9.80 Å². The molecule has 0 saturated carbocycles. The maximum atomic E-state index is 12.1. The van der Waals surface area contributed by atoms with Crippen LogP contribution in [0.15, 0.2) is 42.2 Å². The highest BCUT2D eigenvalue weighted by Crippen LogP contribution is 2.30. The molecule has 0 spiro atoms. The van der Waals surface area contributed by atoms with Crippen LogP contribution in [0, 0.1) is 0 Å². The van der Waals surface area contributed by atoms with E-state index in [1.54, 1.807) is 23.7 Å². The van der Waals surface area contributed by atoms with Crippen molar-refractivity contribution >= 4 is 44.5 Å². The molecule has 1 saturated heterocycles. The first-order valence-electron chi connectivity index (χ1n) is 8.73. The van der Waals surface area contributed by atoms with Crippen LogP contribution < -0.4 is 4.90 Å². The van der Waals surface area contributed by atoms with Crippen LogP contribution in [-0.4, -0.2) is 46.8 Å². The van der Waals surface area contributed by atoms with Gasteiger partial charge in [0.2, 0.25) is 0 Å². The first-order chi connectivity index (χ1) is 12.7. The van der Waals surface area contributed by atoms with E-state index < -0.39 is 0 Å². The number of aromatic nitrogens is 2. The van der Waals surface area contributed by atoms with Gasteiger partial charge >= 0.3 is 0 Å². The van der Waals surface area contributed by atoms with E-state index >= 15 is 0 Å². The van der Waals surface area contributed by atoms with Crippen LogP contribution in [0.1, 0.15) is 21.5 Å². The Labute approximate surface area is 160 Å². The molecular weight excluding hydrogens is 364 g/mol. The predicted octanol–water partition coefficient (Wildman–Crippen LogP) is 3.83. The summed E-state index contributed by atoms with van der Waals surface area (Å²) in [5.74, 6) is 1.11. The van der Waals surface area contributed by atoms with Crippen molar-refractivity contribution in [3.8, 4) is 0 Å². The summed E-state index contributed by atoms with van der Waals surface area (Å²) in [5.41, 5.74) is 0. The van der Waals surface area contributed by atoms with E-state index in [4.69, 9.17) is 0 Å². The minimum absolute atomic E-state index is 0.0744. The van der Waals surface area contributed by atoms with Crippen molar-refractivity contribution in [1.82, 2.24) is 14.9 Å². The van der Waals surface area contributed by atoms with Gasteiger partial charge in [-0.05, 0) is 23.9 Å². The number of piperazine rings is 1. The summed E-state index contributed by atoms with van der Waals surface area (Å²) in [6, 6.07) is 5.99. The zero-order valence-electron chi connectivity index (χ0n) is 14.6. The van der Waals surface area contributed by atoms with Crippen molar-refractivity contribution in [2.24, 2.45) is 0 Å². The Morgan fingerprint density at radius 1 is 1.27 bits per heavy atom. The lowest BCUT2D eigenvalue weighted by molar-refractivity contribution is 0.104. The average molecular weight is 385 g/mol. The van der Waals surface area contributed by atoms with Gasteiger partial charge in [0, 0.05) is 43.3 Å². The number of carbonyl (C=O) groups excluding carboxylic acids is 1. The molecule has 1 aliphatic rings. The van der Waals surface area contributed by atoms with Crippen LogP contribution in [-0.2, 0) is 6.42 Å². The maximum absolute atomic E-state index is 12.1. The van der Waals surface area contributed by atoms with Gasteiger partial charge in [-0.2, -0.15) is 0 Å². The van der Waals surface area contributed by atoms with Crippen LogP contribution in [0.4, 0.5) is 5.82 Å². The van der Waals surface area contributed by atoms with Crippen LogP contribution in [0.3, 0.4) is 0 Å². The van der Waals surface area contributed by atoms with E-state index in [0.29, 0.717) is 0 Å². The highest BCUT2D eigenvalue weighted by atomic mass is 32.1. The van der Waals surface area contributed by atoms with Crippen molar-refractivity contribution in [1.29, 1.82) is 0 Å². The molecule has 1 aliphatic heterocycles. The number of nitrogens with zero attached hydrogens (tertiary/aromatic N) is 4. The van der Waals surface area contributed by atoms with Crippen molar-refractivity contribution in [2.75, 3.05) is 31.1 Å². The van der Waals surface area contributed by atoms with Crippen molar-refractivity contribution in [3.05, 3.63) is 51.9 Å². The third kappa shape index (κ3) is 3.50. The number of anilines is 1. The Kier molecular flexibility index (Phi) is 4.99. The number of allylic oxidation sites excluding steroid dienone is 1. The Morgan fingerprint density at radius 3 is 2.85 bits per heavy atom. The quantitative estimate of drug-likeness (QED) is 0.494. The zero-order chi connectivity index (χ0) is 17.9. The van der Waals surface area contributed by atoms with E-state index in [1.165, 1.54) is 16.2 Å². The molecule has 5 nitrogen and oxygen atoms in total. The van der Waals surface area contributed by atoms with Gasteiger partial charge in [0.15, 0.2) is 5.78 Å². The largest absolute Gasteiger partial charge is 0.374 e. The number of hydrogen-bond acceptors (Lipinski definition) is 7. The normalized spacial score (nSPS) is 15.3. The Morgan fingerprint density at radius 2 is 2.12 bits per heavy atom. The molecule has 0 aliphatic carbocycles. The van der Waals surface area contributed by atoms with E-state index in [0.717, 1.165) is 53.5 Å². The van der Waals surface area contributed by atoms with Crippen molar-refractivity contribution in [3.63, 3.8) is 0 Å². The molecule has 3 aromatic heterocycles. The Bertz CT molecular complexity index is 924. The van der Waals surface area contributed by atoms with Crippen molar-refractivity contribution in [2.45, 2.75) is 13.3 Å². The van der Waals surface area contributed by atoms with E-state index in [9.17, 15) is 4.79 Å². The molecular formula is C19H20N4OS2. The third-order valence-electron chi connectivity index (χ3n) is 4.52.